The van der Waals surface area contributed by atoms with Crippen molar-refractivity contribution in [3.63, 3.8) is 0 Å². The Balaban J connectivity index is 2.32. The fraction of sp³-hybridized carbons (Fsp3) is 0. The predicted octanol–water partition coefficient (Wildman–Crippen LogP) is 2.02. The van der Waals surface area contributed by atoms with E-state index in [1.807, 2.05) is 0 Å². The maximum atomic E-state index is 10.4. The van der Waals surface area contributed by atoms with Gasteiger partial charge in [0.05, 0.1) is 5.69 Å². The van der Waals surface area contributed by atoms with Crippen LogP contribution in [0.4, 0.5) is 0 Å². The summed E-state index contributed by atoms with van der Waals surface area (Å²) in [6, 6.07) is 5.19. The fourth-order valence-electron chi connectivity index (χ4n) is 1.30. The van der Waals surface area contributed by atoms with E-state index >= 15 is 0 Å². The zero-order valence-electron chi connectivity index (χ0n) is 8.62. The summed E-state index contributed by atoms with van der Waals surface area (Å²) in [5, 5.41) is 12.9. The number of aliphatic carboxylic acids is 1. The third-order valence-electron chi connectivity index (χ3n) is 2.07. The Morgan fingerprint density at radius 3 is 2.88 bits per heavy atom. The van der Waals surface area contributed by atoms with Crippen LogP contribution in [0.15, 0.2) is 36.9 Å². The zero-order valence-corrected chi connectivity index (χ0v) is 9.37. The average molecular weight is 250 g/mol. The van der Waals surface area contributed by atoms with Crippen LogP contribution >= 0.6 is 11.6 Å². The number of carboxylic acids is 1. The summed E-state index contributed by atoms with van der Waals surface area (Å²) in [6.07, 6.45) is 5.46. The van der Waals surface area contributed by atoms with E-state index < -0.39 is 5.97 Å². The van der Waals surface area contributed by atoms with Crippen molar-refractivity contribution in [3.05, 3.63) is 47.5 Å². The van der Waals surface area contributed by atoms with Crippen molar-refractivity contribution in [1.82, 2.24) is 14.8 Å². The summed E-state index contributed by atoms with van der Waals surface area (Å²) in [4.78, 5) is 14.2. The van der Waals surface area contributed by atoms with Gasteiger partial charge in [0.2, 0.25) is 0 Å². The summed E-state index contributed by atoms with van der Waals surface area (Å²) in [5.74, 6) is -1.01. The van der Waals surface area contributed by atoms with E-state index in [0.29, 0.717) is 10.6 Å². The number of hydrogen-bond donors (Lipinski definition) is 1. The molecule has 0 atom stereocenters. The Kier molecular flexibility index (Phi) is 3.20. The summed E-state index contributed by atoms with van der Waals surface area (Å²) < 4.78 is 1.57. The number of halogens is 1. The molecule has 6 heteroatoms. The molecular weight excluding hydrogens is 242 g/mol. The van der Waals surface area contributed by atoms with Crippen LogP contribution in [0.1, 0.15) is 5.56 Å². The molecule has 2 aromatic rings. The molecule has 0 radical (unpaired) electrons. The van der Waals surface area contributed by atoms with Gasteiger partial charge >= 0.3 is 5.97 Å². The van der Waals surface area contributed by atoms with Crippen LogP contribution in [0.3, 0.4) is 0 Å². The molecule has 86 valence electrons. The molecule has 1 heterocycles. The van der Waals surface area contributed by atoms with Crippen LogP contribution in [0.2, 0.25) is 5.02 Å². The van der Waals surface area contributed by atoms with Crippen LogP contribution in [0, 0.1) is 0 Å². The number of nitrogens with zero attached hydrogens (tertiary/aromatic N) is 3. The van der Waals surface area contributed by atoms with E-state index in [1.54, 1.807) is 29.2 Å². The third-order valence-corrected chi connectivity index (χ3v) is 2.40. The number of benzene rings is 1. The smallest absolute Gasteiger partial charge is 0.328 e. The van der Waals surface area contributed by atoms with Crippen molar-refractivity contribution < 1.29 is 9.90 Å². The van der Waals surface area contributed by atoms with Crippen molar-refractivity contribution in [2.45, 2.75) is 0 Å². The van der Waals surface area contributed by atoms with Crippen LogP contribution in [0.25, 0.3) is 11.8 Å². The Morgan fingerprint density at radius 2 is 2.29 bits per heavy atom. The van der Waals surface area contributed by atoms with Crippen LogP contribution in [-0.2, 0) is 4.79 Å². The second kappa shape index (κ2) is 4.80. The van der Waals surface area contributed by atoms with Crippen molar-refractivity contribution in [1.29, 1.82) is 0 Å². The second-order valence-corrected chi connectivity index (χ2v) is 3.62. The number of carboxylic acid groups (broad SMARTS) is 1. The van der Waals surface area contributed by atoms with Crippen molar-refractivity contribution in [3.8, 4) is 5.69 Å². The first-order chi connectivity index (χ1) is 8.16. The topological polar surface area (TPSA) is 68.0 Å². The lowest BCUT2D eigenvalue weighted by atomic mass is 10.2. The third kappa shape index (κ3) is 2.70. The molecule has 0 aliphatic rings. The molecule has 0 fully saturated rings. The van der Waals surface area contributed by atoms with Gasteiger partial charge in [-0.3, -0.25) is 0 Å². The van der Waals surface area contributed by atoms with Gasteiger partial charge in [-0.15, -0.1) is 0 Å². The van der Waals surface area contributed by atoms with Gasteiger partial charge in [0.15, 0.2) is 0 Å². The second-order valence-electron chi connectivity index (χ2n) is 3.22. The molecule has 1 aromatic carbocycles. The maximum absolute atomic E-state index is 10.4. The molecule has 0 aliphatic carbocycles. The van der Waals surface area contributed by atoms with Gasteiger partial charge in [-0.2, -0.15) is 5.10 Å². The Labute approximate surface area is 102 Å². The van der Waals surface area contributed by atoms with Gasteiger partial charge in [0, 0.05) is 11.1 Å². The lowest BCUT2D eigenvalue weighted by molar-refractivity contribution is -0.131. The van der Waals surface area contributed by atoms with Gasteiger partial charge < -0.3 is 5.11 Å². The van der Waals surface area contributed by atoms with Crippen molar-refractivity contribution in [2.75, 3.05) is 0 Å². The zero-order chi connectivity index (χ0) is 12.3. The normalized spacial score (nSPS) is 10.9. The number of aromatic nitrogens is 3. The highest BCUT2D eigenvalue weighted by Crippen LogP contribution is 2.20. The minimum absolute atomic E-state index is 0.454. The molecule has 0 aliphatic heterocycles. The molecule has 17 heavy (non-hydrogen) atoms. The molecule has 0 bridgehead atoms. The maximum Gasteiger partial charge on any atom is 0.328 e. The van der Waals surface area contributed by atoms with Crippen LogP contribution in [-0.4, -0.2) is 25.8 Å². The number of rotatable bonds is 3. The van der Waals surface area contributed by atoms with Crippen LogP contribution in [0.5, 0.6) is 0 Å². The average Bonchev–Trinajstić information content (AvgIpc) is 2.80. The summed E-state index contributed by atoms with van der Waals surface area (Å²) in [6.45, 7) is 0. The molecule has 0 spiro atoms. The SMILES string of the molecule is O=C(O)/C=C/c1ccc(-n2cncn2)cc1Cl. The highest BCUT2D eigenvalue weighted by atomic mass is 35.5. The highest BCUT2D eigenvalue weighted by Gasteiger charge is 2.02. The number of carbonyl (C=O) groups is 1. The van der Waals surface area contributed by atoms with Gasteiger partial charge in [-0.05, 0) is 23.8 Å². The molecule has 0 unspecified atom stereocenters. The molecule has 0 saturated carbocycles. The molecule has 1 N–H and O–H groups in total. The lowest BCUT2D eigenvalue weighted by Crippen LogP contribution is -1.94. The summed E-state index contributed by atoms with van der Waals surface area (Å²) >= 11 is 6.02. The quantitative estimate of drug-likeness (QED) is 0.845. The monoisotopic (exact) mass is 249 g/mol. The minimum Gasteiger partial charge on any atom is -0.478 e. The Bertz CT molecular complexity index is 564. The first kappa shape index (κ1) is 11.3. The van der Waals surface area contributed by atoms with Crippen molar-refractivity contribution in [2.24, 2.45) is 0 Å². The Morgan fingerprint density at radius 1 is 1.47 bits per heavy atom. The highest BCUT2D eigenvalue weighted by molar-refractivity contribution is 6.32. The predicted molar refractivity (Wildman–Crippen MR) is 63.0 cm³/mol. The standard InChI is InChI=1S/C11H8ClN3O2/c12-10-5-9(15-7-13-6-14-15)3-1-8(10)2-4-11(16)17/h1-7H,(H,16,17)/b4-2+. The molecule has 2 rings (SSSR count). The van der Waals surface area contributed by atoms with Gasteiger partial charge in [0.25, 0.3) is 0 Å². The molecule has 1 aromatic heterocycles. The van der Waals surface area contributed by atoms with E-state index in [-0.39, 0.29) is 0 Å². The molecule has 0 amide bonds. The molecular formula is C11H8ClN3O2. The van der Waals surface area contributed by atoms with E-state index in [9.17, 15) is 4.79 Å². The fourth-order valence-corrected chi connectivity index (χ4v) is 1.53. The number of hydrogen-bond acceptors (Lipinski definition) is 3. The van der Waals surface area contributed by atoms with E-state index in [1.165, 1.54) is 12.4 Å². The van der Waals surface area contributed by atoms with Gasteiger partial charge in [-0.25, -0.2) is 14.5 Å². The summed E-state index contributed by atoms with van der Waals surface area (Å²) in [7, 11) is 0. The minimum atomic E-state index is -1.01. The first-order valence-corrected chi connectivity index (χ1v) is 5.10. The van der Waals surface area contributed by atoms with E-state index in [0.717, 1.165) is 11.8 Å². The van der Waals surface area contributed by atoms with Crippen LogP contribution < -0.4 is 0 Å². The Hall–Kier alpha value is -2.14. The van der Waals surface area contributed by atoms with Crippen molar-refractivity contribution >= 4 is 23.6 Å². The van der Waals surface area contributed by atoms with Gasteiger partial charge in [0.1, 0.15) is 12.7 Å². The van der Waals surface area contributed by atoms with E-state index in [2.05, 4.69) is 10.1 Å². The summed E-state index contributed by atoms with van der Waals surface area (Å²) in [5.41, 5.74) is 1.40. The lowest BCUT2D eigenvalue weighted by Gasteiger charge is -2.03. The van der Waals surface area contributed by atoms with E-state index in [4.69, 9.17) is 16.7 Å². The largest absolute Gasteiger partial charge is 0.478 e. The van der Waals surface area contributed by atoms with Gasteiger partial charge in [-0.1, -0.05) is 17.7 Å². The molecule has 5 nitrogen and oxygen atoms in total. The first-order valence-electron chi connectivity index (χ1n) is 4.72. The molecule has 0 saturated heterocycles.